The second-order valence-corrected chi connectivity index (χ2v) is 4.21. The largest absolute Gasteiger partial charge is 0.365 e. The molecule has 0 aliphatic carbocycles. The summed E-state index contributed by atoms with van der Waals surface area (Å²) >= 11 is 0. The molecule has 2 bridgehead atoms. The normalized spacial score (nSPS) is 50.7. The van der Waals surface area contributed by atoms with Crippen LogP contribution in [-0.2, 0) is 4.74 Å². The maximum absolute atomic E-state index is 9.84. The molecular weight excluding hydrogens is 140 g/mol. The zero-order chi connectivity index (χ0) is 7.95. The van der Waals surface area contributed by atoms with Gasteiger partial charge in [-0.05, 0) is 26.2 Å². The first kappa shape index (κ1) is 7.56. The summed E-state index contributed by atoms with van der Waals surface area (Å²) in [4.78, 5) is 0. The smallest absolute Gasteiger partial charge is 0.166 e. The third kappa shape index (κ3) is 1.30. The molecule has 2 nitrogen and oxygen atoms in total. The molecule has 1 N–H and O–H groups in total. The first-order valence-electron chi connectivity index (χ1n) is 4.55. The summed E-state index contributed by atoms with van der Waals surface area (Å²) in [5, 5.41) is 9.84. The third-order valence-corrected chi connectivity index (χ3v) is 3.00. The van der Waals surface area contributed by atoms with Crippen LogP contribution >= 0.6 is 0 Å². The second-order valence-electron chi connectivity index (χ2n) is 4.21. The molecule has 2 rings (SSSR count). The fourth-order valence-corrected chi connectivity index (χ4v) is 2.27. The van der Waals surface area contributed by atoms with Crippen molar-refractivity contribution in [2.75, 3.05) is 0 Å². The Labute approximate surface area is 67.6 Å². The lowest BCUT2D eigenvalue weighted by atomic mass is 9.91. The number of hydrogen-bond acceptors (Lipinski definition) is 2. The molecule has 0 aromatic rings. The molecule has 2 heterocycles. The summed E-state index contributed by atoms with van der Waals surface area (Å²) in [6, 6.07) is 0. The third-order valence-electron chi connectivity index (χ3n) is 3.00. The van der Waals surface area contributed by atoms with Gasteiger partial charge in [-0.3, -0.25) is 0 Å². The fourth-order valence-electron chi connectivity index (χ4n) is 2.27. The molecule has 0 aromatic carbocycles. The van der Waals surface area contributed by atoms with Crippen LogP contribution in [0.5, 0.6) is 0 Å². The van der Waals surface area contributed by atoms with Gasteiger partial charge < -0.3 is 9.84 Å². The molecule has 2 saturated heterocycles. The molecule has 2 aliphatic heterocycles. The maximum Gasteiger partial charge on any atom is 0.166 e. The van der Waals surface area contributed by atoms with Gasteiger partial charge in [0.25, 0.3) is 0 Å². The van der Waals surface area contributed by atoms with Gasteiger partial charge in [0.1, 0.15) is 0 Å². The van der Waals surface area contributed by atoms with Gasteiger partial charge in [0, 0.05) is 12.8 Å². The molecule has 2 atom stereocenters. The van der Waals surface area contributed by atoms with E-state index in [-0.39, 0.29) is 5.60 Å². The van der Waals surface area contributed by atoms with E-state index in [1.165, 1.54) is 6.42 Å². The van der Waals surface area contributed by atoms with Crippen molar-refractivity contribution in [2.45, 2.75) is 56.8 Å². The van der Waals surface area contributed by atoms with E-state index in [0.717, 1.165) is 32.1 Å². The minimum Gasteiger partial charge on any atom is -0.365 e. The number of rotatable bonds is 0. The monoisotopic (exact) mass is 156 g/mol. The zero-order valence-corrected chi connectivity index (χ0v) is 7.10. The van der Waals surface area contributed by atoms with E-state index in [2.05, 4.69) is 6.92 Å². The van der Waals surface area contributed by atoms with Crippen LogP contribution in [0.2, 0.25) is 0 Å². The van der Waals surface area contributed by atoms with Gasteiger partial charge in [-0.15, -0.1) is 0 Å². The lowest BCUT2D eigenvalue weighted by Gasteiger charge is -2.25. The van der Waals surface area contributed by atoms with Crippen molar-refractivity contribution in [3.63, 3.8) is 0 Å². The van der Waals surface area contributed by atoms with Crippen molar-refractivity contribution in [2.24, 2.45) is 0 Å². The van der Waals surface area contributed by atoms with Gasteiger partial charge in [0.2, 0.25) is 0 Å². The molecule has 0 radical (unpaired) electrons. The highest BCUT2D eigenvalue weighted by Crippen LogP contribution is 2.44. The van der Waals surface area contributed by atoms with E-state index in [9.17, 15) is 5.11 Å². The van der Waals surface area contributed by atoms with Crippen molar-refractivity contribution >= 4 is 0 Å². The minimum atomic E-state index is -0.759. The molecular formula is C9H16O2. The Morgan fingerprint density at radius 3 is 2.64 bits per heavy atom. The number of hydrogen-bond donors (Lipinski definition) is 1. The van der Waals surface area contributed by atoms with Crippen molar-refractivity contribution in [1.82, 2.24) is 0 Å². The molecule has 11 heavy (non-hydrogen) atoms. The van der Waals surface area contributed by atoms with Crippen LogP contribution in [0.3, 0.4) is 0 Å². The van der Waals surface area contributed by atoms with E-state index >= 15 is 0 Å². The van der Waals surface area contributed by atoms with Crippen LogP contribution in [0.15, 0.2) is 0 Å². The zero-order valence-electron chi connectivity index (χ0n) is 7.10. The van der Waals surface area contributed by atoms with Crippen LogP contribution in [0.4, 0.5) is 0 Å². The van der Waals surface area contributed by atoms with Gasteiger partial charge in [-0.2, -0.15) is 0 Å². The van der Waals surface area contributed by atoms with Crippen molar-refractivity contribution in [3.8, 4) is 0 Å². The Morgan fingerprint density at radius 1 is 1.09 bits per heavy atom. The standard InChI is InChI=1S/C9H16O2/c1-8-4-2-3-5-9(10,11-8)7-6-8/h10H,2-7H2,1H3/t8-,9+/m1/s1. The molecule has 64 valence electrons. The van der Waals surface area contributed by atoms with Crippen LogP contribution in [0.25, 0.3) is 0 Å². The highest BCUT2D eigenvalue weighted by atomic mass is 16.6. The summed E-state index contributed by atoms with van der Waals surface area (Å²) in [5.74, 6) is -0.759. The maximum atomic E-state index is 9.84. The van der Waals surface area contributed by atoms with E-state index in [1.54, 1.807) is 0 Å². The molecule has 0 amide bonds. The van der Waals surface area contributed by atoms with Crippen molar-refractivity contribution in [1.29, 1.82) is 0 Å². The number of fused-ring (bicyclic) bond motifs is 2. The van der Waals surface area contributed by atoms with E-state index in [4.69, 9.17) is 4.74 Å². The highest BCUT2D eigenvalue weighted by Gasteiger charge is 2.46. The molecule has 0 spiro atoms. The lowest BCUT2D eigenvalue weighted by molar-refractivity contribution is -0.215. The average molecular weight is 156 g/mol. The summed E-state index contributed by atoms with van der Waals surface area (Å²) in [5.41, 5.74) is -0.00868. The first-order chi connectivity index (χ1) is 5.12. The number of ether oxygens (including phenoxy) is 1. The Morgan fingerprint density at radius 2 is 1.82 bits per heavy atom. The SMILES string of the molecule is C[C@@]12CCCC[C@@](O)(CC1)O2. The lowest BCUT2D eigenvalue weighted by Crippen LogP contribution is -2.31. The topological polar surface area (TPSA) is 29.5 Å². The van der Waals surface area contributed by atoms with E-state index in [1.807, 2.05) is 0 Å². The molecule has 0 aromatic heterocycles. The van der Waals surface area contributed by atoms with E-state index < -0.39 is 5.79 Å². The average Bonchev–Trinajstić information content (AvgIpc) is 2.11. The fraction of sp³-hybridized carbons (Fsp3) is 1.00. The van der Waals surface area contributed by atoms with Crippen LogP contribution in [0.1, 0.15) is 45.4 Å². The van der Waals surface area contributed by atoms with Gasteiger partial charge in [0.05, 0.1) is 5.60 Å². The Kier molecular flexibility index (Phi) is 1.52. The van der Waals surface area contributed by atoms with Gasteiger partial charge in [0.15, 0.2) is 5.79 Å². The van der Waals surface area contributed by atoms with E-state index in [0.29, 0.717) is 0 Å². The van der Waals surface area contributed by atoms with Gasteiger partial charge in [-0.1, -0.05) is 6.42 Å². The molecule has 0 unspecified atom stereocenters. The number of aliphatic hydroxyl groups is 1. The molecule has 2 heteroatoms. The quantitative estimate of drug-likeness (QED) is 0.579. The summed E-state index contributed by atoms with van der Waals surface area (Å²) in [7, 11) is 0. The van der Waals surface area contributed by atoms with Gasteiger partial charge >= 0.3 is 0 Å². The van der Waals surface area contributed by atoms with Crippen molar-refractivity contribution in [3.05, 3.63) is 0 Å². The molecule has 0 saturated carbocycles. The van der Waals surface area contributed by atoms with Crippen molar-refractivity contribution < 1.29 is 9.84 Å². The predicted molar refractivity (Wildman–Crippen MR) is 42.1 cm³/mol. The summed E-state index contributed by atoms with van der Waals surface area (Å²) in [6.45, 7) is 2.12. The molecule has 2 aliphatic rings. The first-order valence-corrected chi connectivity index (χ1v) is 4.55. The predicted octanol–water partition coefficient (Wildman–Crippen LogP) is 1.82. The van der Waals surface area contributed by atoms with Crippen LogP contribution < -0.4 is 0 Å². The summed E-state index contributed by atoms with van der Waals surface area (Å²) < 4.78 is 5.65. The Bertz CT molecular complexity index is 143. The van der Waals surface area contributed by atoms with Crippen LogP contribution in [-0.4, -0.2) is 16.5 Å². The van der Waals surface area contributed by atoms with Crippen LogP contribution in [0, 0.1) is 0 Å². The highest BCUT2D eigenvalue weighted by molar-refractivity contribution is 4.91. The summed E-state index contributed by atoms with van der Waals surface area (Å²) in [6.07, 6.45) is 6.15. The second kappa shape index (κ2) is 2.20. The molecule has 2 fully saturated rings. The Balaban J connectivity index is 2.18. The minimum absolute atomic E-state index is 0.00868. The van der Waals surface area contributed by atoms with Gasteiger partial charge in [-0.25, -0.2) is 0 Å². The Hall–Kier alpha value is -0.0800.